The van der Waals surface area contributed by atoms with Crippen LogP contribution < -0.4 is 9.47 Å². The van der Waals surface area contributed by atoms with Gasteiger partial charge in [0.05, 0.1) is 27.0 Å². The summed E-state index contributed by atoms with van der Waals surface area (Å²) in [6, 6.07) is 7.06. The number of benzene rings is 1. The number of imidazole rings is 1. The highest BCUT2D eigenvalue weighted by molar-refractivity contribution is 5.78. The van der Waals surface area contributed by atoms with E-state index in [2.05, 4.69) is 9.72 Å². The molecule has 0 saturated heterocycles. The maximum absolute atomic E-state index is 12.6. The molecule has 1 aromatic carbocycles. The van der Waals surface area contributed by atoms with Crippen molar-refractivity contribution in [3.8, 4) is 11.5 Å². The number of amides is 1. The first-order chi connectivity index (χ1) is 13.1. The SMILES string of the molecule is COC(=O)CCN(CCCn1ccnc1)C(=O)COc1cccc(OC)c1. The number of methoxy groups -OCH3 is 2. The standard InChI is InChI=1S/C19H25N3O5/c1-25-16-5-3-6-17(13-16)27-14-18(23)22(11-7-19(24)26-2)10-4-9-21-12-8-20-15-21/h3,5-6,8,12-13,15H,4,7,9-11,14H2,1-2H3. The largest absolute Gasteiger partial charge is 0.497 e. The Balaban J connectivity index is 1.88. The van der Waals surface area contributed by atoms with Crippen LogP contribution in [-0.2, 0) is 20.9 Å². The first-order valence-corrected chi connectivity index (χ1v) is 8.69. The Morgan fingerprint density at radius 3 is 2.70 bits per heavy atom. The number of hydrogen-bond acceptors (Lipinski definition) is 6. The Bertz CT molecular complexity index is 718. The van der Waals surface area contributed by atoms with Crippen molar-refractivity contribution in [1.82, 2.24) is 14.5 Å². The molecule has 146 valence electrons. The maximum Gasteiger partial charge on any atom is 0.307 e. The van der Waals surface area contributed by atoms with Crippen molar-refractivity contribution >= 4 is 11.9 Å². The highest BCUT2D eigenvalue weighted by atomic mass is 16.5. The summed E-state index contributed by atoms with van der Waals surface area (Å²) in [6.07, 6.45) is 6.19. The third kappa shape index (κ3) is 7.01. The van der Waals surface area contributed by atoms with E-state index in [1.807, 2.05) is 10.8 Å². The number of carbonyl (C=O) groups excluding carboxylic acids is 2. The van der Waals surface area contributed by atoms with Crippen LogP contribution in [0.2, 0.25) is 0 Å². The Morgan fingerprint density at radius 1 is 1.19 bits per heavy atom. The lowest BCUT2D eigenvalue weighted by atomic mass is 10.3. The lowest BCUT2D eigenvalue weighted by Crippen LogP contribution is -2.37. The fourth-order valence-corrected chi connectivity index (χ4v) is 2.48. The van der Waals surface area contributed by atoms with Gasteiger partial charge < -0.3 is 23.7 Å². The zero-order chi connectivity index (χ0) is 19.5. The lowest BCUT2D eigenvalue weighted by Gasteiger charge is -2.22. The van der Waals surface area contributed by atoms with Gasteiger partial charge in [0.2, 0.25) is 0 Å². The predicted molar refractivity (Wildman–Crippen MR) is 98.5 cm³/mol. The molecule has 2 rings (SSSR count). The normalized spacial score (nSPS) is 10.3. The molecule has 27 heavy (non-hydrogen) atoms. The summed E-state index contributed by atoms with van der Waals surface area (Å²) >= 11 is 0. The van der Waals surface area contributed by atoms with Gasteiger partial charge in [-0.1, -0.05) is 6.07 Å². The number of nitrogens with zero attached hydrogens (tertiary/aromatic N) is 3. The highest BCUT2D eigenvalue weighted by Crippen LogP contribution is 2.18. The minimum atomic E-state index is -0.351. The van der Waals surface area contributed by atoms with Crippen LogP contribution >= 0.6 is 0 Å². The number of hydrogen-bond donors (Lipinski definition) is 0. The molecule has 0 aliphatic heterocycles. The van der Waals surface area contributed by atoms with Crippen molar-refractivity contribution in [3.63, 3.8) is 0 Å². The van der Waals surface area contributed by atoms with E-state index < -0.39 is 0 Å². The van der Waals surface area contributed by atoms with E-state index in [1.54, 1.807) is 48.8 Å². The molecular formula is C19H25N3O5. The topological polar surface area (TPSA) is 82.9 Å². The fourth-order valence-electron chi connectivity index (χ4n) is 2.48. The smallest absolute Gasteiger partial charge is 0.307 e. The van der Waals surface area contributed by atoms with Crippen LogP contribution in [0.5, 0.6) is 11.5 Å². The summed E-state index contributed by atoms with van der Waals surface area (Å²) in [5.41, 5.74) is 0. The molecule has 0 unspecified atom stereocenters. The van der Waals surface area contributed by atoms with Crippen molar-refractivity contribution in [1.29, 1.82) is 0 Å². The Labute approximate surface area is 158 Å². The molecule has 1 aromatic heterocycles. The van der Waals surface area contributed by atoms with Gasteiger partial charge in [0.25, 0.3) is 5.91 Å². The van der Waals surface area contributed by atoms with Crippen molar-refractivity contribution in [2.45, 2.75) is 19.4 Å². The van der Waals surface area contributed by atoms with E-state index in [4.69, 9.17) is 9.47 Å². The van der Waals surface area contributed by atoms with Gasteiger partial charge in [0, 0.05) is 38.1 Å². The molecule has 0 N–H and O–H groups in total. The summed E-state index contributed by atoms with van der Waals surface area (Å²) < 4.78 is 17.3. The molecule has 1 heterocycles. The first kappa shape index (κ1) is 20.3. The average molecular weight is 375 g/mol. The van der Waals surface area contributed by atoms with E-state index in [9.17, 15) is 9.59 Å². The number of ether oxygens (including phenoxy) is 3. The molecular weight excluding hydrogens is 350 g/mol. The number of carbonyl (C=O) groups is 2. The molecule has 0 saturated carbocycles. The second-order valence-corrected chi connectivity index (χ2v) is 5.83. The number of aryl methyl sites for hydroxylation is 1. The van der Waals surface area contributed by atoms with Gasteiger partial charge in [-0.05, 0) is 18.6 Å². The minimum Gasteiger partial charge on any atom is -0.497 e. The summed E-state index contributed by atoms with van der Waals surface area (Å²) in [5, 5.41) is 0. The summed E-state index contributed by atoms with van der Waals surface area (Å²) in [6.45, 7) is 1.42. The molecule has 0 aliphatic carbocycles. The number of esters is 1. The van der Waals surface area contributed by atoms with Crippen LogP contribution in [0, 0.1) is 0 Å². The molecule has 0 bridgehead atoms. The molecule has 8 nitrogen and oxygen atoms in total. The zero-order valence-electron chi connectivity index (χ0n) is 15.7. The summed E-state index contributed by atoms with van der Waals surface area (Å²) in [5.74, 6) is 0.667. The van der Waals surface area contributed by atoms with Crippen LogP contribution in [-0.4, -0.2) is 60.2 Å². The van der Waals surface area contributed by atoms with Gasteiger partial charge in [-0.3, -0.25) is 9.59 Å². The fraction of sp³-hybridized carbons (Fsp3) is 0.421. The van der Waals surface area contributed by atoms with E-state index in [-0.39, 0.29) is 31.4 Å². The lowest BCUT2D eigenvalue weighted by molar-refractivity contribution is -0.142. The Hall–Kier alpha value is -3.03. The van der Waals surface area contributed by atoms with Crippen LogP contribution in [0.15, 0.2) is 43.0 Å². The van der Waals surface area contributed by atoms with Gasteiger partial charge in [-0.25, -0.2) is 4.98 Å². The van der Waals surface area contributed by atoms with Gasteiger partial charge in [-0.15, -0.1) is 0 Å². The number of aromatic nitrogens is 2. The maximum atomic E-state index is 12.6. The zero-order valence-corrected chi connectivity index (χ0v) is 15.7. The van der Waals surface area contributed by atoms with Crippen LogP contribution in [0.25, 0.3) is 0 Å². The second-order valence-electron chi connectivity index (χ2n) is 5.83. The average Bonchev–Trinajstić information content (AvgIpc) is 3.22. The molecule has 0 fully saturated rings. The van der Waals surface area contributed by atoms with E-state index in [0.29, 0.717) is 18.0 Å². The minimum absolute atomic E-state index is 0.112. The quantitative estimate of drug-likeness (QED) is 0.557. The van der Waals surface area contributed by atoms with Crippen LogP contribution in [0.3, 0.4) is 0 Å². The van der Waals surface area contributed by atoms with Gasteiger partial charge in [0.1, 0.15) is 11.5 Å². The third-order valence-corrected chi connectivity index (χ3v) is 3.97. The molecule has 1 amide bonds. The van der Waals surface area contributed by atoms with E-state index in [0.717, 1.165) is 13.0 Å². The molecule has 0 spiro atoms. The Kier molecular flexibility index (Phi) is 8.15. The monoisotopic (exact) mass is 375 g/mol. The number of rotatable bonds is 11. The molecule has 0 atom stereocenters. The molecule has 0 radical (unpaired) electrons. The van der Waals surface area contributed by atoms with E-state index >= 15 is 0 Å². The third-order valence-electron chi connectivity index (χ3n) is 3.97. The summed E-state index contributed by atoms with van der Waals surface area (Å²) in [7, 11) is 2.90. The molecule has 2 aromatic rings. The predicted octanol–water partition coefficient (Wildman–Crippen LogP) is 1.75. The molecule has 0 aliphatic rings. The molecule has 8 heteroatoms. The van der Waals surface area contributed by atoms with E-state index in [1.165, 1.54) is 7.11 Å². The van der Waals surface area contributed by atoms with Crippen molar-refractivity contribution in [2.75, 3.05) is 33.9 Å². The van der Waals surface area contributed by atoms with Gasteiger partial charge >= 0.3 is 5.97 Å². The van der Waals surface area contributed by atoms with Crippen LogP contribution in [0.4, 0.5) is 0 Å². The second kappa shape index (κ2) is 10.8. The highest BCUT2D eigenvalue weighted by Gasteiger charge is 2.16. The van der Waals surface area contributed by atoms with Gasteiger partial charge in [-0.2, -0.15) is 0 Å². The first-order valence-electron chi connectivity index (χ1n) is 8.69. The summed E-state index contributed by atoms with van der Waals surface area (Å²) in [4.78, 5) is 29.6. The van der Waals surface area contributed by atoms with Crippen molar-refractivity contribution < 1.29 is 23.8 Å². The van der Waals surface area contributed by atoms with Crippen LogP contribution in [0.1, 0.15) is 12.8 Å². The van der Waals surface area contributed by atoms with Gasteiger partial charge in [0.15, 0.2) is 6.61 Å². The van der Waals surface area contributed by atoms with Crippen molar-refractivity contribution in [2.24, 2.45) is 0 Å². The Morgan fingerprint density at radius 2 is 2.00 bits per heavy atom. The van der Waals surface area contributed by atoms with Crippen molar-refractivity contribution in [3.05, 3.63) is 43.0 Å².